The minimum absolute atomic E-state index is 0.204. The highest BCUT2D eigenvalue weighted by molar-refractivity contribution is 7.80. The van der Waals surface area contributed by atoms with Crippen LogP contribution in [0, 0.1) is 0 Å². The zero-order chi connectivity index (χ0) is 14.0. The van der Waals surface area contributed by atoms with Crippen molar-refractivity contribution >= 4 is 17.3 Å². The summed E-state index contributed by atoms with van der Waals surface area (Å²) < 4.78 is 38.7. The summed E-state index contributed by atoms with van der Waals surface area (Å²) in [6, 6.07) is 5.44. The summed E-state index contributed by atoms with van der Waals surface area (Å²) in [5.41, 5.74) is -0.417. The van der Waals surface area contributed by atoms with Crippen LogP contribution in [-0.2, 0) is 6.18 Å². The van der Waals surface area contributed by atoms with Gasteiger partial charge >= 0.3 is 6.18 Å². The van der Waals surface area contributed by atoms with E-state index in [1.54, 1.807) is 13.0 Å². The fraction of sp³-hybridized carbons (Fsp3) is 0.462. The molecule has 1 saturated carbocycles. The number of thiocarbonyl (C=S) groups is 1. The fourth-order valence-corrected chi connectivity index (χ4v) is 2.21. The standard InChI is InChI=1S/C13H15F3N2S/c1-8(17-12(19)18-9-6-7-9)10-4-2-3-5-11(10)13(14,15)16/h2-5,8-9H,6-7H2,1H3,(H2,17,18,19)/t8-/m1/s1. The minimum Gasteiger partial charge on any atom is -0.360 e. The predicted octanol–water partition coefficient (Wildman–Crippen LogP) is 3.39. The van der Waals surface area contributed by atoms with Crippen LogP contribution in [0.25, 0.3) is 0 Å². The van der Waals surface area contributed by atoms with E-state index >= 15 is 0 Å². The molecule has 0 aliphatic heterocycles. The summed E-state index contributed by atoms with van der Waals surface area (Å²) in [7, 11) is 0. The van der Waals surface area contributed by atoms with Crippen molar-refractivity contribution in [1.29, 1.82) is 0 Å². The Kier molecular flexibility index (Phi) is 3.99. The first-order valence-corrected chi connectivity index (χ1v) is 6.52. The normalized spacial score (nSPS) is 16.8. The van der Waals surface area contributed by atoms with Crippen LogP contribution in [0.3, 0.4) is 0 Å². The number of halogens is 3. The fourth-order valence-electron chi connectivity index (χ4n) is 1.86. The molecule has 1 aliphatic rings. The summed E-state index contributed by atoms with van der Waals surface area (Å²) in [6.07, 6.45) is -2.22. The Bertz CT molecular complexity index is 469. The Labute approximate surface area is 115 Å². The van der Waals surface area contributed by atoms with E-state index in [0.717, 1.165) is 18.9 Å². The number of hydrogen-bond donors (Lipinski definition) is 2. The van der Waals surface area contributed by atoms with Crippen molar-refractivity contribution in [2.24, 2.45) is 0 Å². The average molecular weight is 288 g/mol. The minimum atomic E-state index is -4.35. The molecule has 0 spiro atoms. The molecule has 0 aromatic heterocycles. The van der Waals surface area contributed by atoms with Crippen LogP contribution in [0.1, 0.15) is 36.9 Å². The van der Waals surface area contributed by atoms with Crippen molar-refractivity contribution in [2.45, 2.75) is 38.0 Å². The number of benzene rings is 1. The molecule has 0 amide bonds. The van der Waals surface area contributed by atoms with Gasteiger partial charge in [0.05, 0.1) is 11.6 Å². The molecular weight excluding hydrogens is 273 g/mol. The van der Waals surface area contributed by atoms with Crippen molar-refractivity contribution in [3.63, 3.8) is 0 Å². The molecule has 2 rings (SSSR count). The summed E-state index contributed by atoms with van der Waals surface area (Å²) in [5, 5.41) is 6.36. The Morgan fingerprint density at radius 1 is 1.32 bits per heavy atom. The molecule has 0 radical (unpaired) electrons. The third kappa shape index (κ3) is 3.83. The van der Waals surface area contributed by atoms with E-state index in [0.29, 0.717) is 11.2 Å². The smallest absolute Gasteiger partial charge is 0.360 e. The van der Waals surface area contributed by atoms with Crippen molar-refractivity contribution in [3.05, 3.63) is 35.4 Å². The molecule has 1 atom stereocenters. The quantitative estimate of drug-likeness (QED) is 0.834. The second-order valence-electron chi connectivity index (χ2n) is 4.70. The maximum atomic E-state index is 12.9. The number of rotatable bonds is 3. The van der Waals surface area contributed by atoms with Gasteiger partial charge < -0.3 is 10.6 Å². The molecule has 0 unspecified atom stereocenters. The summed E-state index contributed by atoms with van der Waals surface area (Å²) in [6.45, 7) is 1.67. The molecule has 1 aromatic rings. The lowest BCUT2D eigenvalue weighted by Gasteiger charge is -2.21. The molecule has 1 fully saturated rings. The zero-order valence-electron chi connectivity index (χ0n) is 10.4. The van der Waals surface area contributed by atoms with Crippen molar-refractivity contribution < 1.29 is 13.2 Å². The maximum absolute atomic E-state index is 12.9. The van der Waals surface area contributed by atoms with Crippen LogP contribution >= 0.6 is 12.2 Å². The van der Waals surface area contributed by atoms with E-state index < -0.39 is 17.8 Å². The number of hydrogen-bond acceptors (Lipinski definition) is 1. The molecule has 104 valence electrons. The third-order valence-corrected chi connectivity index (χ3v) is 3.23. The van der Waals surface area contributed by atoms with Gasteiger partial charge in [-0.3, -0.25) is 0 Å². The molecule has 2 nitrogen and oxygen atoms in total. The molecule has 19 heavy (non-hydrogen) atoms. The van der Waals surface area contributed by atoms with Gasteiger partial charge in [-0.15, -0.1) is 0 Å². The first-order chi connectivity index (χ1) is 8.88. The van der Waals surface area contributed by atoms with Crippen molar-refractivity contribution in [1.82, 2.24) is 10.6 Å². The summed E-state index contributed by atoms with van der Waals surface area (Å²) >= 11 is 5.08. The van der Waals surface area contributed by atoms with Gasteiger partial charge in [-0.05, 0) is 43.6 Å². The van der Waals surface area contributed by atoms with E-state index in [-0.39, 0.29) is 5.56 Å². The molecule has 1 aromatic carbocycles. The average Bonchev–Trinajstić information content (AvgIpc) is 3.11. The van der Waals surface area contributed by atoms with E-state index in [1.807, 2.05) is 0 Å². The summed E-state index contributed by atoms with van der Waals surface area (Å²) in [4.78, 5) is 0. The van der Waals surface area contributed by atoms with Crippen LogP contribution in [0.2, 0.25) is 0 Å². The van der Waals surface area contributed by atoms with Gasteiger partial charge in [-0.2, -0.15) is 13.2 Å². The van der Waals surface area contributed by atoms with Crippen LogP contribution in [0.5, 0.6) is 0 Å². The molecule has 0 heterocycles. The van der Waals surface area contributed by atoms with Gasteiger partial charge in [0, 0.05) is 6.04 Å². The molecule has 2 N–H and O–H groups in total. The monoisotopic (exact) mass is 288 g/mol. The van der Waals surface area contributed by atoms with Gasteiger partial charge in [0.25, 0.3) is 0 Å². The van der Waals surface area contributed by atoms with Gasteiger partial charge in [0.2, 0.25) is 0 Å². The third-order valence-electron chi connectivity index (χ3n) is 2.99. The zero-order valence-corrected chi connectivity index (χ0v) is 11.2. The molecule has 6 heteroatoms. The van der Waals surface area contributed by atoms with Crippen LogP contribution in [-0.4, -0.2) is 11.2 Å². The molecule has 0 saturated heterocycles. The topological polar surface area (TPSA) is 24.1 Å². The maximum Gasteiger partial charge on any atom is 0.416 e. The SMILES string of the molecule is C[C@@H](NC(=S)NC1CC1)c1ccccc1C(F)(F)F. The number of alkyl halides is 3. The van der Waals surface area contributed by atoms with E-state index in [4.69, 9.17) is 12.2 Å². The lowest BCUT2D eigenvalue weighted by Crippen LogP contribution is -2.38. The molecule has 1 aliphatic carbocycles. The van der Waals surface area contributed by atoms with E-state index in [1.165, 1.54) is 12.1 Å². The first-order valence-electron chi connectivity index (χ1n) is 6.11. The lowest BCUT2D eigenvalue weighted by molar-refractivity contribution is -0.138. The highest BCUT2D eigenvalue weighted by atomic mass is 32.1. The highest BCUT2D eigenvalue weighted by Gasteiger charge is 2.34. The van der Waals surface area contributed by atoms with Gasteiger partial charge in [0.15, 0.2) is 5.11 Å². The van der Waals surface area contributed by atoms with Crippen LogP contribution in [0.15, 0.2) is 24.3 Å². The van der Waals surface area contributed by atoms with Crippen LogP contribution < -0.4 is 10.6 Å². The lowest BCUT2D eigenvalue weighted by atomic mass is 10.0. The van der Waals surface area contributed by atoms with Crippen molar-refractivity contribution in [2.75, 3.05) is 0 Å². The second-order valence-corrected chi connectivity index (χ2v) is 5.11. The van der Waals surface area contributed by atoms with Gasteiger partial charge in [-0.25, -0.2) is 0 Å². The highest BCUT2D eigenvalue weighted by Crippen LogP contribution is 2.34. The summed E-state index contributed by atoms with van der Waals surface area (Å²) in [5.74, 6) is 0. The number of nitrogens with one attached hydrogen (secondary N) is 2. The first kappa shape index (κ1) is 14.1. The van der Waals surface area contributed by atoms with E-state index in [2.05, 4.69) is 10.6 Å². The van der Waals surface area contributed by atoms with Crippen molar-refractivity contribution in [3.8, 4) is 0 Å². The largest absolute Gasteiger partial charge is 0.416 e. The second kappa shape index (κ2) is 5.36. The molecular formula is C13H15F3N2S. The Balaban J connectivity index is 2.09. The Morgan fingerprint density at radius 3 is 2.53 bits per heavy atom. The molecule has 0 bridgehead atoms. The van der Waals surface area contributed by atoms with Gasteiger partial charge in [0.1, 0.15) is 0 Å². The Hall–Kier alpha value is -1.30. The van der Waals surface area contributed by atoms with E-state index in [9.17, 15) is 13.2 Å². The van der Waals surface area contributed by atoms with Crippen LogP contribution in [0.4, 0.5) is 13.2 Å². The Morgan fingerprint density at radius 2 is 1.95 bits per heavy atom. The predicted molar refractivity (Wildman–Crippen MR) is 71.8 cm³/mol. The van der Waals surface area contributed by atoms with Gasteiger partial charge in [-0.1, -0.05) is 18.2 Å².